The smallest absolute Gasteiger partial charge is 0.0836 e. The summed E-state index contributed by atoms with van der Waals surface area (Å²) in [5, 5.41) is 1.03. The average Bonchev–Trinajstić information content (AvgIpc) is 2.83. The van der Waals surface area contributed by atoms with Crippen LogP contribution in [0.5, 0.6) is 0 Å². The molecule has 0 saturated heterocycles. The van der Waals surface area contributed by atoms with Gasteiger partial charge in [0.2, 0.25) is 0 Å². The van der Waals surface area contributed by atoms with E-state index in [1.54, 1.807) is 6.07 Å². The summed E-state index contributed by atoms with van der Waals surface area (Å²) in [7, 11) is 0. The summed E-state index contributed by atoms with van der Waals surface area (Å²) in [4.78, 5) is 0. The van der Waals surface area contributed by atoms with Crippen LogP contribution in [0.1, 0.15) is 34.1 Å². The molecule has 1 aliphatic rings. The third-order valence-corrected chi connectivity index (χ3v) is 4.53. The van der Waals surface area contributed by atoms with Gasteiger partial charge in [-0.05, 0) is 59.7 Å². The molecule has 3 rings (SSSR count). The fourth-order valence-corrected chi connectivity index (χ4v) is 3.47. The highest BCUT2D eigenvalue weighted by atomic mass is 35.5. The fourth-order valence-electron chi connectivity index (χ4n) is 2.66. The van der Waals surface area contributed by atoms with Crippen molar-refractivity contribution in [1.29, 1.82) is 0 Å². The number of benzene rings is 2. The van der Waals surface area contributed by atoms with Crippen LogP contribution in [-0.2, 0) is 12.8 Å². The van der Waals surface area contributed by atoms with Crippen molar-refractivity contribution in [1.82, 2.24) is 0 Å². The molecule has 0 radical (unpaired) electrons. The Hall–Kier alpha value is -0.690. The predicted molar refractivity (Wildman–Crippen MR) is 82.6 cm³/mol. The Balaban J connectivity index is 1.97. The van der Waals surface area contributed by atoms with Gasteiger partial charge in [-0.2, -0.15) is 0 Å². The Morgan fingerprint density at radius 2 is 1.47 bits per heavy atom. The van der Waals surface area contributed by atoms with Gasteiger partial charge in [-0.15, -0.1) is 11.6 Å². The van der Waals surface area contributed by atoms with Crippen LogP contribution >= 0.6 is 34.8 Å². The van der Waals surface area contributed by atoms with Crippen molar-refractivity contribution in [2.24, 2.45) is 0 Å². The Labute approximate surface area is 128 Å². The second-order valence-electron chi connectivity index (χ2n) is 4.95. The summed E-state index contributed by atoms with van der Waals surface area (Å²) >= 11 is 18.6. The van der Waals surface area contributed by atoms with Gasteiger partial charge in [-0.3, -0.25) is 0 Å². The fraction of sp³-hybridized carbons (Fsp3) is 0.250. The van der Waals surface area contributed by atoms with Gasteiger partial charge in [0.25, 0.3) is 0 Å². The highest BCUT2D eigenvalue weighted by molar-refractivity contribution is 6.35. The van der Waals surface area contributed by atoms with Crippen molar-refractivity contribution in [3.8, 4) is 0 Å². The van der Waals surface area contributed by atoms with E-state index < -0.39 is 0 Å². The molecule has 0 fully saturated rings. The third kappa shape index (κ3) is 2.76. The van der Waals surface area contributed by atoms with Crippen molar-refractivity contribution in [2.75, 3.05) is 0 Å². The topological polar surface area (TPSA) is 0 Å². The van der Waals surface area contributed by atoms with Crippen molar-refractivity contribution in [2.45, 2.75) is 24.6 Å². The molecule has 2 aromatic carbocycles. The lowest BCUT2D eigenvalue weighted by Gasteiger charge is -2.13. The highest BCUT2D eigenvalue weighted by Gasteiger charge is 2.16. The summed E-state index contributed by atoms with van der Waals surface area (Å²) < 4.78 is 0. The number of fused-ring (bicyclic) bond motifs is 1. The monoisotopic (exact) mass is 310 g/mol. The molecule has 0 heterocycles. The molecular formula is C16H13Cl3. The van der Waals surface area contributed by atoms with E-state index in [1.165, 1.54) is 24.0 Å². The molecular weight excluding hydrogens is 299 g/mol. The zero-order valence-electron chi connectivity index (χ0n) is 10.3. The van der Waals surface area contributed by atoms with Crippen LogP contribution in [0.2, 0.25) is 10.0 Å². The highest BCUT2D eigenvalue weighted by Crippen LogP contribution is 2.34. The first-order chi connectivity index (χ1) is 9.13. The van der Waals surface area contributed by atoms with Crippen LogP contribution in [-0.4, -0.2) is 0 Å². The Morgan fingerprint density at radius 1 is 0.789 bits per heavy atom. The quantitative estimate of drug-likeness (QED) is 0.614. The van der Waals surface area contributed by atoms with Crippen LogP contribution in [0.25, 0.3) is 0 Å². The molecule has 0 bridgehead atoms. The van der Waals surface area contributed by atoms with Crippen LogP contribution in [0, 0.1) is 0 Å². The maximum atomic E-state index is 6.56. The average molecular weight is 312 g/mol. The molecule has 1 aliphatic carbocycles. The first-order valence-electron chi connectivity index (χ1n) is 6.35. The van der Waals surface area contributed by atoms with E-state index in [9.17, 15) is 0 Å². The Bertz CT molecular complexity index is 599. The first-order valence-corrected chi connectivity index (χ1v) is 7.54. The zero-order valence-corrected chi connectivity index (χ0v) is 12.6. The van der Waals surface area contributed by atoms with Crippen LogP contribution in [0.4, 0.5) is 0 Å². The van der Waals surface area contributed by atoms with Gasteiger partial charge in [0.05, 0.1) is 5.38 Å². The number of hydrogen-bond donors (Lipinski definition) is 0. The molecule has 0 nitrogen and oxygen atoms in total. The van der Waals surface area contributed by atoms with Crippen LogP contribution in [0.3, 0.4) is 0 Å². The molecule has 0 N–H and O–H groups in total. The van der Waals surface area contributed by atoms with E-state index in [-0.39, 0.29) is 5.38 Å². The molecule has 3 heteroatoms. The van der Waals surface area contributed by atoms with Crippen molar-refractivity contribution in [3.05, 3.63) is 68.7 Å². The lowest BCUT2D eigenvalue weighted by Crippen LogP contribution is -1.95. The van der Waals surface area contributed by atoms with Gasteiger partial charge in [-0.1, -0.05) is 41.4 Å². The van der Waals surface area contributed by atoms with Gasteiger partial charge in [0, 0.05) is 10.0 Å². The standard InChI is InChI=1S/C16H13Cl3/c17-14-7-13(8-15(18)9-14)16(19)12-5-4-10-2-1-3-11(10)6-12/h4-9,16H,1-3H2. The van der Waals surface area contributed by atoms with Gasteiger partial charge < -0.3 is 0 Å². The van der Waals surface area contributed by atoms with E-state index in [0.29, 0.717) is 10.0 Å². The molecule has 0 spiro atoms. The largest absolute Gasteiger partial charge is 0.113 e. The molecule has 19 heavy (non-hydrogen) atoms. The summed E-state index contributed by atoms with van der Waals surface area (Å²) in [5.74, 6) is 0. The molecule has 0 aliphatic heterocycles. The number of halogens is 3. The van der Waals surface area contributed by atoms with Crippen LogP contribution in [0.15, 0.2) is 36.4 Å². The first kappa shape index (κ1) is 13.3. The SMILES string of the molecule is Clc1cc(Cl)cc(C(Cl)c2ccc3c(c2)CCC3)c1. The maximum absolute atomic E-state index is 6.56. The summed E-state index contributed by atoms with van der Waals surface area (Å²) in [5.41, 5.74) is 4.94. The molecule has 2 aromatic rings. The second kappa shape index (κ2) is 5.36. The number of rotatable bonds is 2. The van der Waals surface area contributed by atoms with Crippen molar-refractivity contribution >= 4 is 34.8 Å². The number of hydrogen-bond acceptors (Lipinski definition) is 0. The lowest BCUT2D eigenvalue weighted by atomic mass is 10.00. The molecule has 0 amide bonds. The molecule has 98 valence electrons. The van der Waals surface area contributed by atoms with E-state index in [0.717, 1.165) is 17.5 Å². The van der Waals surface area contributed by atoms with Gasteiger partial charge in [0.15, 0.2) is 0 Å². The number of alkyl halides is 1. The lowest BCUT2D eigenvalue weighted by molar-refractivity contribution is 0.911. The summed E-state index contributed by atoms with van der Waals surface area (Å²) in [6, 6.07) is 12.0. The normalized spacial score (nSPS) is 15.3. The second-order valence-corrected chi connectivity index (χ2v) is 6.26. The van der Waals surface area contributed by atoms with Crippen molar-refractivity contribution in [3.63, 3.8) is 0 Å². The minimum atomic E-state index is -0.206. The van der Waals surface area contributed by atoms with E-state index in [1.807, 2.05) is 12.1 Å². The minimum Gasteiger partial charge on any atom is -0.113 e. The van der Waals surface area contributed by atoms with Gasteiger partial charge >= 0.3 is 0 Å². The Kier molecular flexibility index (Phi) is 3.75. The zero-order chi connectivity index (χ0) is 13.4. The maximum Gasteiger partial charge on any atom is 0.0836 e. The summed E-state index contributed by atoms with van der Waals surface area (Å²) in [6.45, 7) is 0. The summed E-state index contributed by atoms with van der Waals surface area (Å²) in [6.07, 6.45) is 3.59. The van der Waals surface area contributed by atoms with Crippen molar-refractivity contribution < 1.29 is 0 Å². The van der Waals surface area contributed by atoms with Gasteiger partial charge in [0.1, 0.15) is 0 Å². The van der Waals surface area contributed by atoms with Gasteiger partial charge in [-0.25, -0.2) is 0 Å². The van der Waals surface area contributed by atoms with E-state index in [2.05, 4.69) is 18.2 Å². The predicted octanol–water partition coefficient (Wildman–Crippen LogP) is 5.81. The van der Waals surface area contributed by atoms with Crippen LogP contribution < -0.4 is 0 Å². The number of aryl methyl sites for hydroxylation is 2. The minimum absolute atomic E-state index is 0.206. The third-order valence-electron chi connectivity index (χ3n) is 3.59. The van der Waals surface area contributed by atoms with E-state index >= 15 is 0 Å². The molecule has 1 unspecified atom stereocenters. The molecule has 0 saturated carbocycles. The molecule has 0 aromatic heterocycles. The Morgan fingerprint density at radius 3 is 2.21 bits per heavy atom. The molecule has 1 atom stereocenters. The van der Waals surface area contributed by atoms with E-state index in [4.69, 9.17) is 34.8 Å².